The van der Waals surface area contributed by atoms with Crippen molar-refractivity contribution in [3.8, 4) is 11.5 Å². The van der Waals surface area contributed by atoms with Crippen molar-refractivity contribution < 1.29 is 19.1 Å². The van der Waals surface area contributed by atoms with Crippen LogP contribution in [0.4, 0.5) is 0 Å². The van der Waals surface area contributed by atoms with E-state index in [1.807, 2.05) is 0 Å². The molecule has 0 unspecified atom stereocenters. The molecule has 0 aromatic heterocycles. The Hall–Kier alpha value is -2.87. The molecule has 9 heteroatoms. The summed E-state index contributed by atoms with van der Waals surface area (Å²) in [6.07, 6.45) is 1.37. The van der Waals surface area contributed by atoms with Crippen LogP contribution in [0.25, 0.3) is 0 Å². The van der Waals surface area contributed by atoms with E-state index in [2.05, 4.69) is 26.5 Å². The molecule has 3 rings (SSSR count). The topological polar surface area (TPSA) is 77.0 Å². The lowest BCUT2D eigenvalue weighted by Gasteiger charge is -2.08. The first-order valence-electron chi connectivity index (χ1n) is 8.88. The quantitative estimate of drug-likeness (QED) is 0.192. The van der Waals surface area contributed by atoms with Crippen molar-refractivity contribution in [3.63, 3.8) is 0 Å². The molecular formula is C22H15BrCl2N2O4. The highest BCUT2D eigenvalue weighted by molar-refractivity contribution is 9.10. The Morgan fingerprint density at radius 1 is 0.968 bits per heavy atom. The van der Waals surface area contributed by atoms with Crippen LogP contribution < -0.4 is 14.9 Å². The number of nitrogens with zero attached hydrogens (tertiary/aromatic N) is 1. The van der Waals surface area contributed by atoms with Crippen LogP contribution in [-0.4, -0.2) is 24.7 Å². The van der Waals surface area contributed by atoms with Crippen molar-refractivity contribution in [1.29, 1.82) is 0 Å². The van der Waals surface area contributed by atoms with Crippen LogP contribution in [0.1, 0.15) is 15.9 Å². The first kappa shape index (κ1) is 22.8. The van der Waals surface area contributed by atoms with Gasteiger partial charge in [-0.25, -0.2) is 10.2 Å². The van der Waals surface area contributed by atoms with Crippen molar-refractivity contribution in [1.82, 2.24) is 5.43 Å². The summed E-state index contributed by atoms with van der Waals surface area (Å²) in [4.78, 5) is 24.3. The molecule has 0 aliphatic carbocycles. The molecule has 0 bridgehead atoms. The largest absolute Gasteiger partial charge is 0.484 e. The van der Waals surface area contributed by atoms with E-state index >= 15 is 0 Å². The fraction of sp³-hybridized carbons (Fsp3) is 0.0455. The summed E-state index contributed by atoms with van der Waals surface area (Å²) >= 11 is 15.0. The lowest BCUT2D eigenvalue weighted by molar-refractivity contribution is -0.123. The molecule has 3 aromatic rings. The van der Waals surface area contributed by atoms with Crippen molar-refractivity contribution in [2.45, 2.75) is 0 Å². The smallest absolute Gasteiger partial charge is 0.343 e. The van der Waals surface area contributed by atoms with Gasteiger partial charge in [0.1, 0.15) is 11.5 Å². The van der Waals surface area contributed by atoms with Crippen molar-refractivity contribution in [2.24, 2.45) is 5.10 Å². The summed E-state index contributed by atoms with van der Waals surface area (Å²) in [6, 6.07) is 18.0. The highest BCUT2D eigenvalue weighted by Gasteiger charge is 2.12. The van der Waals surface area contributed by atoms with Crippen LogP contribution in [0, 0.1) is 0 Å². The number of hydrogen-bond donors (Lipinski definition) is 1. The minimum absolute atomic E-state index is 0.226. The Bertz CT molecular complexity index is 1100. The number of halogens is 3. The Morgan fingerprint density at radius 2 is 1.61 bits per heavy atom. The van der Waals surface area contributed by atoms with E-state index in [1.165, 1.54) is 6.21 Å². The molecule has 6 nitrogen and oxygen atoms in total. The van der Waals surface area contributed by atoms with Gasteiger partial charge in [-0.1, -0.05) is 39.1 Å². The highest BCUT2D eigenvalue weighted by Crippen LogP contribution is 2.23. The van der Waals surface area contributed by atoms with Gasteiger partial charge in [0.05, 0.1) is 11.8 Å². The van der Waals surface area contributed by atoms with E-state index in [4.69, 9.17) is 32.7 Å². The van der Waals surface area contributed by atoms with Gasteiger partial charge in [0.2, 0.25) is 0 Å². The predicted octanol–water partition coefficient (Wildman–Crippen LogP) is 5.50. The molecule has 0 spiro atoms. The normalized spacial score (nSPS) is 10.7. The number of carbonyl (C=O) groups excluding carboxylic acids is 2. The third-order valence-corrected chi connectivity index (χ3v) is 4.83. The van der Waals surface area contributed by atoms with Crippen molar-refractivity contribution in [3.05, 3.63) is 92.4 Å². The van der Waals surface area contributed by atoms with Gasteiger partial charge in [0.15, 0.2) is 6.61 Å². The molecule has 0 aliphatic rings. The number of benzene rings is 3. The van der Waals surface area contributed by atoms with Gasteiger partial charge in [-0.15, -0.1) is 0 Å². The van der Waals surface area contributed by atoms with Crippen molar-refractivity contribution in [2.75, 3.05) is 6.61 Å². The van der Waals surface area contributed by atoms with Crippen LogP contribution in [0.2, 0.25) is 10.0 Å². The van der Waals surface area contributed by atoms with Gasteiger partial charge < -0.3 is 9.47 Å². The fourth-order valence-corrected chi connectivity index (χ4v) is 2.97. The van der Waals surface area contributed by atoms with Crippen LogP contribution in [0.3, 0.4) is 0 Å². The minimum Gasteiger partial charge on any atom is -0.484 e. The Kier molecular flexibility index (Phi) is 8.06. The number of hydrazone groups is 1. The Labute approximate surface area is 196 Å². The van der Waals surface area contributed by atoms with E-state index in [0.29, 0.717) is 26.9 Å². The zero-order chi connectivity index (χ0) is 22.2. The lowest BCUT2D eigenvalue weighted by atomic mass is 10.2. The number of carbonyl (C=O) groups is 2. The average molecular weight is 522 g/mol. The minimum atomic E-state index is -0.547. The second-order valence-corrected chi connectivity index (χ2v) is 7.90. The van der Waals surface area contributed by atoms with Crippen LogP contribution in [0.15, 0.2) is 76.3 Å². The summed E-state index contributed by atoms with van der Waals surface area (Å²) in [5.74, 6) is -0.222. The van der Waals surface area contributed by atoms with Gasteiger partial charge in [-0.2, -0.15) is 5.10 Å². The van der Waals surface area contributed by atoms with Crippen molar-refractivity contribution >= 4 is 57.2 Å². The molecule has 0 fully saturated rings. The maximum atomic E-state index is 12.4. The van der Waals surface area contributed by atoms with Gasteiger partial charge in [-0.05, 0) is 66.7 Å². The van der Waals surface area contributed by atoms with Gasteiger partial charge in [0, 0.05) is 20.1 Å². The van der Waals surface area contributed by atoms with Crippen LogP contribution >= 0.6 is 39.1 Å². The van der Waals surface area contributed by atoms with Gasteiger partial charge in [-0.3, -0.25) is 4.79 Å². The third kappa shape index (κ3) is 7.10. The summed E-state index contributed by atoms with van der Waals surface area (Å²) in [5, 5.41) is 5.00. The number of esters is 1. The second-order valence-electron chi connectivity index (χ2n) is 6.11. The first-order chi connectivity index (χ1) is 14.9. The molecule has 0 heterocycles. The summed E-state index contributed by atoms with van der Waals surface area (Å²) in [5.41, 5.74) is 3.19. The van der Waals surface area contributed by atoms with Crippen LogP contribution in [-0.2, 0) is 4.79 Å². The summed E-state index contributed by atoms with van der Waals surface area (Å²) < 4.78 is 11.6. The lowest BCUT2D eigenvalue weighted by Crippen LogP contribution is -2.24. The molecule has 0 radical (unpaired) electrons. The van der Waals surface area contributed by atoms with E-state index in [1.54, 1.807) is 66.7 Å². The molecule has 0 saturated carbocycles. The zero-order valence-corrected chi connectivity index (χ0v) is 18.9. The predicted molar refractivity (Wildman–Crippen MR) is 123 cm³/mol. The molecule has 1 amide bonds. The molecule has 0 atom stereocenters. The average Bonchev–Trinajstić information content (AvgIpc) is 2.75. The molecule has 31 heavy (non-hydrogen) atoms. The third-order valence-electron chi connectivity index (χ3n) is 3.83. The number of rotatable bonds is 7. The molecule has 0 saturated heterocycles. The Balaban J connectivity index is 1.61. The van der Waals surface area contributed by atoms with E-state index in [9.17, 15) is 9.59 Å². The SMILES string of the molecule is O=C(COc1ccc(Cl)cc1)N/N=C\c1cc(Br)ccc1OC(=O)c1ccc(Cl)cc1. The molecular weight excluding hydrogens is 507 g/mol. The second kappa shape index (κ2) is 10.9. The molecule has 1 N–H and O–H groups in total. The standard InChI is InChI=1S/C22H15BrCl2N2O4/c23-16-3-10-20(31-22(29)14-1-4-17(24)5-2-14)15(11-16)12-26-27-21(28)13-30-19-8-6-18(25)7-9-19/h1-12H,13H2,(H,27,28)/b26-12-. The zero-order valence-electron chi connectivity index (χ0n) is 15.8. The summed E-state index contributed by atoms with van der Waals surface area (Å²) in [6.45, 7) is -0.226. The van der Waals surface area contributed by atoms with Gasteiger partial charge >= 0.3 is 5.97 Å². The molecule has 3 aromatic carbocycles. The van der Waals surface area contributed by atoms with Crippen LogP contribution in [0.5, 0.6) is 11.5 Å². The van der Waals surface area contributed by atoms with E-state index in [0.717, 1.165) is 4.47 Å². The maximum absolute atomic E-state index is 12.4. The number of hydrogen-bond acceptors (Lipinski definition) is 5. The maximum Gasteiger partial charge on any atom is 0.343 e. The summed E-state index contributed by atoms with van der Waals surface area (Å²) in [7, 11) is 0. The Morgan fingerprint density at radius 3 is 2.29 bits per heavy atom. The number of ether oxygens (including phenoxy) is 2. The fourth-order valence-electron chi connectivity index (χ4n) is 2.34. The highest BCUT2D eigenvalue weighted by atomic mass is 79.9. The van der Waals surface area contributed by atoms with E-state index < -0.39 is 11.9 Å². The number of amides is 1. The monoisotopic (exact) mass is 520 g/mol. The van der Waals surface area contributed by atoms with Gasteiger partial charge in [0.25, 0.3) is 5.91 Å². The molecule has 158 valence electrons. The van der Waals surface area contributed by atoms with E-state index in [-0.39, 0.29) is 12.4 Å². The first-order valence-corrected chi connectivity index (χ1v) is 10.4. The number of nitrogens with one attached hydrogen (secondary N) is 1. The molecule has 0 aliphatic heterocycles.